The molecule has 1 N–H and O–H groups in total. The molecule has 1 saturated heterocycles. The molecular weight excluding hydrogens is 390 g/mol. The molecule has 2 aromatic rings. The zero-order valence-corrected chi connectivity index (χ0v) is 18.5. The third-order valence-electron chi connectivity index (χ3n) is 5.66. The molecule has 0 aromatic heterocycles. The normalized spacial score (nSPS) is 16.1. The highest BCUT2D eigenvalue weighted by molar-refractivity contribution is 6.00. The third-order valence-corrected chi connectivity index (χ3v) is 5.66. The van der Waals surface area contributed by atoms with Crippen LogP contribution in [0.2, 0.25) is 0 Å². The van der Waals surface area contributed by atoms with Crippen LogP contribution in [0.25, 0.3) is 0 Å². The number of rotatable bonds is 9. The minimum absolute atomic E-state index is 0.150. The van der Waals surface area contributed by atoms with Crippen LogP contribution < -0.4 is 5.32 Å². The Labute approximate surface area is 185 Å². The molecule has 166 valence electrons. The van der Waals surface area contributed by atoms with Crippen molar-refractivity contribution < 1.29 is 14.3 Å². The van der Waals surface area contributed by atoms with Crippen LogP contribution in [0.4, 0.5) is 10.5 Å². The average molecular weight is 424 g/mol. The average Bonchev–Trinajstić information content (AvgIpc) is 3.23. The number of para-hydroxylation sites is 1. The summed E-state index contributed by atoms with van der Waals surface area (Å²) >= 11 is 0. The Kier molecular flexibility index (Phi) is 8.47. The van der Waals surface area contributed by atoms with Crippen molar-refractivity contribution in [3.63, 3.8) is 0 Å². The SMILES string of the molecule is CCCCOC(=O)c1ccccc1NC(=O)N(CC)C1CCN(Cc2ccccc2)C1. The van der Waals surface area contributed by atoms with Crippen LogP contribution >= 0.6 is 0 Å². The predicted octanol–water partition coefficient (Wildman–Crippen LogP) is 4.77. The van der Waals surface area contributed by atoms with Gasteiger partial charge in [-0.05, 0) is 37.5 Å². The summed E-state index contributed by atoms with van der Waals surface area (Å²) in [7, 11) is 0. The van der Waals surface area contributed by atoms with Gasteiger partial charge in [0.2, 0.25) is 0 Å². The summed E-state index contributed by atoms with van der Waals surface area (Å²) < 4.78 is 5.34. The molecule has 6 nitrogen and oxygen atoms in total. The van der Waals surface area contributed by atoms with Crippen molar-refractivity contribution >= 4 is 17.7 Å². The van der Waals surface area contributed by atoms with Crippen molar-refractivity contribution in [1.29, 1.82) is 0 Å². The van der Waals surface area contributed by atoms with Crippen molar-refractivity contribution in [3.8, 4) is 0 Å². The van der Waals surface area contributed by atoms with Gasteiger partial charge in [-0.25, -0.2) is 9.59 Å². The molecule has 31 heavy (non-hydrogen) atoms. The first-order valence-electron chi connectivity index (χ1n) is 11.2. The quantitative estimate of drug-likeness (QED) is 0.466. The number of hydrogen-bond acceptors (Lipinski definition) is 4. The second-order valence-corrected chi connectivity index (χ2v) is 7.91. The standard InChI is InChI=1S/C25H33N3O3/c1-3-5-17-31-24(29)22-13-9-10-14-23(22)26-25(30)28(4-2)21-15-16-27(19-21)18-20-11-7-6-8-12-20/h6-14,21H,3-5,15-19H2,1-2H3,(H,26,30). The van der Waals surface area contributed by atoms with E-state index in [0.29, 0.717) is 24.4 Å². The second-order valence-electron chi connectivity index (χ2n) is 7.91. The molecule has 0 bridgehead atoms. The van der Waals surface area contributed by atoms with Crippen LogP contribution in [-0.2, 0) is 11.3 Å². The van der Waals surface area contributed by atoms with E-state index in [9.17, 15) is 9.59 Å². The minimum atomic E-state index is -0.401. The fourth-order valence-corrected chi connectivity index (χ4v) is 3.96. The van der Waals surface area contributed by atoms with E-state index in [0.717, 1.165) is 38.9 Å². The van der Waals surface area contributed by atoms with E-state index < -0.39 is 5.97 Å². The van der Waals surface area contributed by atoms with Crippen LogP contribution in [0.1, 0.15) is 49.0 Å². The summed E-state index contributed by atoms with van der Waals surface area (Å²) in [4.78, 5) is 29.8. The summed E-state index contributed by atoms with van der Waals surface area (Å²) in [5.74, 6) is -0.401. The van der Waals surface area contributed by atoms with Crippen LogP contribution in [0, 0.1) is 0 Å². The molecule has 1 atom stereocenters. The maximum Gasteiger partial charge on any atom is 0.340 e. The van der Waals surface area contributed by atoms with Crippen molar-refractivity contribution in [2.45, 2.75) is 45.7 Å². The lowest BCUT2D eigenvalue weighted by Crippen LogP contribution is -2.44. The van der Waals surface area contributed by atoms with Crippen molar-refractivity contribution in [1.82, 2.24) is 9.80 Å². The summed E-state index contributed by atoms with van der Waals surface area (Å²) in [5, 5.41) is 2.94. The predicted molar refractivity (Wildman–Crippen MR) is 123 cm³/mol. The first-order chi connectivity index (χ1) is 15.1. The van der Waals surface area contributed by atoms with Crippen LogP contribution in [0.5, 0.6) is 0 Å². The van der Waals surface area contributed by atoms with Crippen LogP contribution in [0.3, 0.4) is 0 Å². The Hall–Kier alpha value is -2.86. The molecule has 6 heteroatoms. The van der Waals surface area contributed by atoms with Gasteiger partial charge in [-0.1, -0.05) is 55.8 Å². The van der Waals surface area contributed by atoms with Gasteiger partial charge in [-0.15, -0.1) is 0 Å². The van der Waals surface area contributed by atoms with E-state index in [2.05, 4.69) is 34.5 Å². The van der Waals surface area contributed by atoms with Gasteiger partial charge in [-0.2, -0.15) is 0 Å². The van der Waals surface area contributed by atoms with E-state index in [4.69, 9.17) is 4.74 Å². The first kappa shape index (κ1) is 22.8. The lowest BCUT2D eigenvalue weighted by Gasteiger charge is -2.28. The summed E-state index contributed by atoms with van der Waals surface area (Å²) in [5.41, 5.74) is 2.16. The highest BCUT2D eigenvalue weighted by atomic mass is 16.5. The molecular formula is C25H33N3O3. The van der Waals surface area contributed by atoms with E-state index >= 15 is 0 Å². The third kappa shape index (κ3) is 6.31. The number of likely N-dealkylation sites (tertiary alicyclic amines) is 1. The van der Waals surface area contributed by atoms with Gasteiger partial charge in [-0.3, -0.25) is 4.90 Å². The van der Waals surface area contributed by atoms with E-state index in [-0.39, 0.29) is 12.1 Å². The number of nitrogens with one attached hydrogen (secondary N) is 1. The highest BCUT2D eigenvalue weighted by Crippen LogP contribution is 2.21. The first-order valence-corrected chi connectivity index (χ1v) is 11.2. The van der Waals surface area contributed by atoms with Gasteiger partial charge in [0.15, 0.2) is 0 Å². The molecule has 1 heterocycles. The summed E-state index contributed by atoms with van der Waals surface area (Å²) in [6.45, 7) is 7.73. The van der Waals surface area contributed by atoms with Crippen molar-refractivity contribution in [3.05, 3.63) is 65.7 Å². The maximum absolute atomic E-state index is 13.1. The number of nitrogens with zero attached hydrogens (tertiary/aromatic N) is 2. The number of urea groups is 1. The van der Waals surface area contributed by atoms with E-state index in [1.54, 1.807) is 18.2 Å². The number of likely N-dealkylation sites (N-methyl/N-ethyl adjacent to an activating group) is 1. The molecule has 0 spiro atoms. The summed E-state index contributed by atoms with van der Waals surface area (Å²) in [6, 6.07) is 17.4. The largest absolute Gasteiger partial charge is 0.462 e. The molecule has 2 amide bonds. The minimum Gasteiger partial charge on any atom is -0.462 e. The molecule has 1 fully saturated rings. The zero-order valence-electron chi connectivity index (χ0n) is 18.5. The van der Waals surface area contributed by atoms with Gasteiger partial charge in [0, 0.05) is 32.2 Å². The Morgan fingerprint density at radius 1 is 1.10 bits per heavy atom. The number of ether oxygens (including phenoxy) is 1. The number of anilines is 1. The topological polar surface area (TPSA) is 61.9 Å². The van der Waals surface area contributed by atoms with Gasteiger partial charge < -0.3 is 15.0 Å². The van der Waals surface area contributed by atoms with E-state index in [1.807, 2.05) is 30.9 Å². The lowest BCUT2D eigenvalue weighted by atomic mass is 10.1. The molecule has 1 unspecified atom stereocenters. The smallest absolute Gasteiger partial charge is 0.340 e. The van der Waals surface area contributed by atoms with E-state index in [1.165, 1.54) is 5.56 Å². The second kappa shape index (κ2) is 11.5. The zero-order chi connectivity index (χ0) is 22.1. The van der Waals surface area contributed by atoms with Gasteiger partial charge in [0.05, 0.1) is 17.9 Å². The van der Waals surface area contributed by atoms with Gasteiger partial charge in [0.25, 0.3) is 0 Å². The molecule has 2 aromatic carbocycles. The Bertz CT molecular complexity index is 856. The highest BCUT2D eigenvalue weighted by Gasteiger charge is 2.30. The Morgan fingerprint density at radius 3 is 2.58 bits per heavy atom. The maximum atomic E-state index is 13.1. The lowest BCUT2D eigenvalue weighted by molar-refractivity contribution is 0.0501. The number of amides is 2. The van der Waals surface area contributed by atoms with Crippen LogP contribution in [-0.4, -0.2) is 54.1 Å². The fourth-order valence-electron chi connectivity index (χ4n) is 3.96. The number of hydrogen-bond donors (Lipinski definition) is 1. The number of unbranched alkanes of at least 4 members (excludes halogenated alkanes) is 1. The molecule has 0 radical (unpaired) electrons. The molecule has 1 aliphatic rings. The van der Waals surface area contributed by atoms with Gasteiger partial charge >= 0.3 is 12.0 Å². The molecule has 1 aliphatic heterocycles. The monoisotopic (exact) mass is 423 g/mol. The number of benzene rings is 2. The number of carbonyl (C=O) groups excluding carboxylic acids is 2. The number of carbonyl (C=O) groups is 2. The fraction of sp³-hybridized carbons (Fsp3) is 0.440. The van der Waals surface area contributed by atoms with Crippen molar-refractivity contribution in [2.24, 2.45) is 0 Å². The molecule has 3 rings (SSSR count). The van der Waals surface area contributed by atoms with Crippen LogP contribution in [0.15, 0.2) is 54.6 Å². The van der Waals surface area contributed by atoms with Gasteiger partial charge in [0.1, 0.15) is 0 Å². The Morgan fingerprint density at radius 2 is 1.84 bits per heavy atom. The molecule has 0 aliphatic carbocycles. The summed E-state index contributed by atoms with van der Waals surface area (Å²) in [6.07, 6.45) is 2.72. The molecule has 0 saturated carbocycles. The van der Waals surface area contributed by atoms with Crippen molar-refractivity contribution in [2.75, 3.05) is 31.6 Å². The number of esters is 1. The Balaban J connectivity index is 1.61.